The summed E-state index contributed by atoms with van der Waals surface area (Å²) in [7, 11) is 2.17. The summed E-state index contributed by atoms with van der Waals surface area (Å²) in [5.41, 5.74) is 2.68. The molecule has 0 amide bonds. The normalized spacial score (nSPS) is 17.4. The molecule has 3 heteroatoms. The molecule has 16 heavy (non-hydrogen) atoms. The summed E-state index contributed by atoms with van der Waals surface area (Å²) in [4.78, 5) is 4.82. The van der Waals surface area contributed by atoms with E-state index in [1.165, 1.54) is 11.3 Å². The standard InChI is InChI=1S/C13H21N3/c1-12-5-3-4-6-13(12)15(2)11-16-9-7-14-8-10-16/h3-6,14H,7-11H2,1-2H3. The van der Waals surface area contributed by atoms with Crippen molar-refractivity contribution in [2.75, 3.05) is 44.8 Å². The van der Waals surface area contributed by atoms with Crippen LogP contribution in [0, 0.1) is 6.92 Å². The number of nitrogens with zero attached hydrogens (tertiary/aromatic N) is 2. The molecule has 0 unspecified atom stereocenters. The Labute approximate surface area is 98.0 Å². The minimum atomic E-state index is 1.02. The quantitative estimate of drug-likeness (QED) is 0.826. The third-order valence-electron chi connectivity index (χ3n) is 3.15. The first-order valence-corrected chi connectivity index (χ1v) is 5.97. The van der Waals surface area contributed by atoms with Crippen LogP contribution in [-0.2, 0) is 0 Å². The predicted octanol–water partition coefficient (Wildman–Crippen LogP) is 1.29. The largest absolute Gasteiger partial charge is 0.361 e. The van der Waals surface area contributed by atoms with Gasteiger partial charge in [-0.1, -0.05) is 18.2 Å². The van der Waals surface area contributed by atoms with Crippen LogP contribution >= 0.6 is 0 Å². The van der Waals surface area contributed by atoms with E-state index in [1.54, 1.807) is 0 Å². The van der Waals surface area contributed by atoms with Crippen LogP contribution in [0.5, 0.6) is 0 Å². The molecule has 1 aromatic carbocycles. The highest BCUT2D eigenvalue weighted by atomic mass is 15.3. The Bertz CT molecular complexity index is 332. The third kappa shape index (κ3) is 2.74. The molecule has 0 atom stereocenters. The van der Waals surface area contributed by atoms with E-state index in [0.717, 1.165) is 32.8 Å². The zero-order valence-electron chi connectivity index (χ0n) is 10.2. The zero-order valence-corrected chi connectivity index (χ0v) is 10.2. The molecule has 1 fully saturated rings. The number of nitrogens with one attached hydrogen (secondary N) is 1. The number of para-hydroxylation sites is 1. The van der Waals surface area contributed by atoms with Crippen LogP contribution in [-0.4, -0.2) is 44.8 Å². The number of rotatable bonds is 3. The Morgan fingerprint density at radius 3 is 2.62 bits per heavy atom. The molecule has 1 N–H and O–H groups in total. The Morgan fingerprint density at radius 1 is 1.25 bits per heavy atom. The first-order valence-electron chi connectivity index (χ1n) is 5.97. The second-order valence-electron chi connectivity index (χ2n) is 4.49. The molecule has 0 bridgehead atoms. The molecule has 3 nitrogen and oxygen atoms in total. The van der Waals surface area contributed by atoms with Crippen molar-refractivity contribution >= 4 is 5.69 Å². The molecule has 88 valence electrons. The topological polar surface area (TPSA) is 18.5 Å². The van der Waals surface area contributed by atoms with E-state index in [-0.39, 0.29) is 0 Å². The molecule has 0 aliphatic carbocycles. The lowest BCUT2D eigenvalue weighted by molar-refractivity contribution is 0.243. The van der Waals surface area contributed by atoms with E-state index in [9.17, 15) is 0 Å². The number of aryl methyl sites for hydroxylation is 1. The van der Waals surface area contributed by atoms with Crippen molar-refractivity contribution in [2.24, 2.45) is 0 Å². The van der Waals surface area contributed by atoms with Crippen molar-refractivity contribution in [1.82, 2.24) is 10.2 Å². The van der Waals surface area contributed by atoms with Crippen molar-refractivity contribution in [3.8, 4) is 0 Å². The number of piperazine rings is 1. The average molecular weight is 219 g/mol. The van der Waals surface area contributed by atoms with Crippen LogP contribution in [0.1, 0.15) is 5.56 Å². The van der Waals surface area contributed by atoms with E-state index < -0.39 is 0 Å². The van der Waals surface area contributed by atoms with Gasteiger partial charge in [0.05, 0.1) is 6.67 Å². The molecule has 1 saturated heterocycles. The van der Waals surface area contributed by atoms with Gasteiger partial charge in [0.25, 0.3) is 0 Å². The van der Waals surface area contributed by atoms with Crippen molar-refractivity contribution in [2.45, 2.75) is 6.92 Å². The summed E-state index contributed by atoms with van der Waals surface area (Å²) in [6, 6.07) is 8.56. The monoisotopic (exact) mass is 219 g/mol. The average Bonchev–Trinajstić information content (AvgIpc) is 2.31. The molecule has 1 aliphatic heterocycles. The second kappa shape index (κ2) is 5.32. The van der Waals surface area contributed by atoms with Crippen LogP contribution in [0.25, 0.3) is 0 Å². The second-order valence-corrected chi connectivity index (χ2v) is 4.49. The van der Waals surface area contributed by atoms with Crippen LogP contribution < -0.4 is 10.2 Å². The van der Waals surface area contributed by atoms with E-state index in [1.807, 2.05) is 0 Å². The predicted molar refractivity (Wildman–Crippen MR) is 68.9 cm³/mol. The fourth-order valence-corrected chi connectivity index (χ4v) is 2.22. The molecule has 0 radical (unpaired) electrons. The maximum Gasteiger partial charge on any atom is 0.0704 e. The van der Waals surface area contributed by atoms with Crippen LogP contribution in [0.4, 0.5) is 5.69 Å². The van der Waals surface area contributed by atoms with Crippen molar-refractivity contribution in [3.63, 3.8) is 0 Å². The van der Waals surface area contributed by atoms with Gasteiger partial charge in [0.2, 0.25) is 0 Å². The van der Waals surface area contributed by atoms with Gasteiger partial charge in [0.1, 0.15) is 0 Å². The molecular formula is C13H21N3. The number of hydrogen-bond acceptors (Lipinski definition) is 3. The minimum Gasteiger partial charge on any atom is -0.361 e. The summed E-state index contributed by atoms with van der Waals surface area (Å²) in [5.74, 6) is 0. The summed E-state index contributed by atoms with van der Waals surface area (Å²) < 4.78 is 0. The molecule has 0 aromatic heterocycles. The van der Waals surface area contributed by atoms with Crippen LogP contribution in [0.3, 0.4) is 0 Å². The van der Waals surface area contributed by atoms with Gasteiger partial charge in [-0.2, -0.15) is 0 Å². The first-order chi connectivity index (χ1) is 7.77. The van der Waals surface area contributed by atoms with Crippen molar-refractivity contribution in [3.05, 3.63) is 29.8 Å². The third-order valence-corrected chi connectivity index (χ3v) is 3.15. The van der Waals surface area contributed by atoms with E-state index >= 15 is 0 Å². The van der Waals surface area contributed by atoms with E-state index in [2.05, 4.69) is 53.4 Å². The van der Waals surface area contributed by atoms with Gasteiger partial charge in [-0.25, -0.2) is 0 Å². The molecular weight excluding hydrogens is 198 g/mol. The van der Waals surface area contributed by atoms with Crippen LogP contribution in [0.15, 0.2) is 24.3 Å². The van der Waals surface area contributed by atoms with E-state index in [0.29, 0.717) is 0 Å². The molecule has 0 saturated carbocycles. The molecule has 1 aromatic rings. The molecule has 0 spiro atoms. The summed E-state index contributed by atoms with van der Waals surface area (Å²) >= 11 is 0. The maximum atomic E-state index is 3.38. The highest BCUT2D eigenvalue weighted by molar-refractivity contribution is 5.52. The summed E-state index contributed by atoms with van der Waals surface area (Å²) in [6.45, 7) is 7.71. The number of benzene rings is 1. The molecule has 2 rings (SSSR count). The molecule has 1 heterocycles. The van der Waals surface area contributed by atoms with Gasteiger partial charge in [-0.3, -0.25) is 4.90 Å². The van der Waals surface area contributed by atoms with Crippen molar-refractivity contribution in [1.29, 1.82) is 0 Å². The lowest BCUT2D eigenvalue weighted by Gasteiger charge is -2.32. The summed E-state index contributed by atoms with van der Waals surface area (Å²) in [6.07, 6.45) is 0. The van der Waals surface area contributed by atoms with Gasteiger partial charge in [0, 0.05) is 38.9 Å². The Hall–Kier alpha value is -1.06. The zero-order chi connectivity index (χ0) is 11.4. The van der Waals surface area contributed by atoms with Crippen molar-refractivity contribution < 1.29 is 0 Å². The first kappa shape index (κ1) is 11.4. The Kier molecular flexibility index (Phi) is 3.80. The number of hydrogen-bond donors (Lipinski definition) is 1. The smallest absolute Gasteiger partial charge is 0.0704 e. The Morgan fingerprint density at radius 2 is 1.94 bits per heavy atom. The highest BCUT2D eigenvalue weighted by Crippen LogP contribution is 2.17. The molecule has 1 aliphatic rings. The van der Waals surface area contributed by atoms with Gasteiger partial charge in [-0.05, 0) is 18.6 Å². The summed E-state index contributed by atoms with van der Waals surface area (Å²) in [5, 5.41) is 3.38. The maximum absolute atomic E-state index is 3.38. The SMILES string of the molecule is Cc1ccccc1N(C)CN1CCNCC1. The lowest BCUT2D eigenvalue weighted by Crippen LogP contribution is -2.47. The van der Waals surface area contributed by atoms with Gasteiger partial charge < -0.3 is 10.2 Å². The highest BCUT2D eigenvalue weighted by Gasteiger charge is 2.12. The minimum absolute atomic E-state index is 1.02. The Balaban J connectivity index is 1.96. The van der Waals surface area contributed by atoms with Gasteiger partial charge in [0.15, 0.2) is 0 Å². The fraction of sp³-hybridized carbons (Fsp3) is 0.538. The number of anilines is 1. The van der Waals surface area contributed by atoms with Gasteiger partial charge in [-0.15, -0.1) is 0 Å². The lowest BCUT2D eigenvalue weighted by atomic mass is 10.2. The van der Waals surface area contributed by atoms with E-state index in [4.69, 9.17) is 0 Å². The fourth-order valence-electron chi connectivity index (χ4n) is 2.22. The van der Waals surface area contributed by atoms with Crippen LogP contribution in [0.2, 0.25) is 0 Å². The van der Waals surface area contributed by atoms with Gasteiger partial charge >= 0.3 is 0 Å².